The zero-order chi connectivity index (χ0) is 16.1. The van der Waals surface area contributed by atoms with Crippen LogP contribution in [0.5, 0.6) is 0 Å². The largest absolute Gasteiger partial charge is 0.333 e. The van der Waals surface area contributed by atoms with Gasteiger partial charge in [0.25, 0.3) is 5.91 Å². The molecular weight excluding hydrogens is 326 g/mol. The molecule has 1 atom stereocenters. The van der Waals surface area contributed by atoms with Crippen molar-refractivity contribution in [2.45, 2.75) is 13.0 Å². The Balaban J connectivity index is 1.91. The highest BCUT2D eigenvalue weighted by atomic mass is 35.5. The summed E-state index contributed by atoms with van der Waals surface area (Å²) in [5, 5.41) is 5.39. The number of quaternary nitrogens is 1. The molecule has 0 aromatic heterocycles. The standard InChI is InChI=1S/C16H15Cl2FN2O/c1-10(11-3-2-4-12(17)7-11)20-9-16(22)21-15-8-13(18)5-6-14(15)19/h2-8,10,20H,9H2,1H3,(H,21,22)/p+1/t10-/m0/s1. The number of carbonyl (C=O) groups is 1. The molecule has 0 unspecified atom stereocenters. The highest BCUT2D eigenvalue weighted by Gasteiger charge is 2.13. The molecule has 0 saturated carbocycles. The number of halogens is 3. The van der Waals surface area contributed by atoms with E-state index in [1.165, 1.54) is 18.2 Å². The maximum atomic E-state index is 13.5. The molecular formula is C16H16Cl2FN2O+. The minimum atomic E-state index is -0.513. The molecule has 0 aliphatic carbocycles. The second kappa shape index (κ2) is 7.58. The second-order valence-electron chi connectivity index (χ2n) is 4.96. The fourth-order valence-electron chi connectivity index (χ4n) is 2.00. The highest BCUT2D eigenvalue weighted by molar-refractivity contribution is 6.31. The average molecular weight is 342 g/mol. The Labute approximate surface area is 138 Å². The summed E-state index contributed by atoms with van der Waals surface area (Å²) in [4.78, 5) is 11.9. The van der Waals surface area contributed by atoms with Gasteiger partial charge in [-0.3, -0.25) is 4.79 Å². The fourth-order valence-corrected chi connectivity index (χ4v) is 2.38. The normalized spacial score (nSPS) is 12.0. The van der Waals surface area contributed by atoms with Gasteiger partial charge in [-0.2, -0.15) is 0 Å². The smallest absolute Gasteiger partial charge is 0.279 e. The monoisotopic (exact) mass is 341 g/mol. The number of nitrogens with two attached hydrogens (primary N) is 1. The first-order chi connectivity index (χ1) is 10.5. The van der Waals surface area contributed by atoms with Crippen LogP contribution in [0.2, 0.25) is 10.0 Å². The first-order valence-electron chi connectivity index (χ1n) is 6.79. The Hall–Kier alpha value is -1.62. The molecule has 6 heteroatoms. The molecule has 22 heavy (non-hydrogen) atoms. The molecule has 0 heterocycles. The van der Waals surface area contributed by atoms with E-state index < -0.39 is 5.82 Å². The van der Waals surface area contributed by atoms with E-state index in [-0.39, 0.29) is 24.2 Å². The predicted octanol–water partition coefficient (Wildman–Crippen LogP) is 3.40. The van der Waals surface area contributed by atoms with Gasteiger partial charge in [0.2, 0.25) is 0 Å². The predicted molar refractivity (Wildman–Crippen MR) is 86.7 cm³/mol. The van der Waals surface area contributed by atoms with E-state index in [0.29, 0.717) is 10.0 Å². The maximum absolute atomic E-state index is 13.5. The molecule has 0 aliphatic heterocycles. The van der Waals surface area contributed by atoms with Gasteiger partial charge in [0.1, 0.15) is 11.9 Å². The molecule has 2 aromatic rings. The summed E-state index contributed by atoms with van der Waals surface area (Å²) in [6, 6.07) is 11.6. The van der Waals surface area contributed by atoms with E-state index in [9.17, 15) is 9.18 Å². The van der Waals surface area contributed by atoms with Crippen LogP contribution in [0.25, 0.3) is 0 Å². The lowest BCUT2D eigenvalue weighted by Crippen LogP contribution is -2.86. The quantitative estimate of drug-likeness (QED) is 0.860. The maximum Gasteiger partial charge on any atom is 0.279 e. The molecule has 0 fully saturated rings. The molecule has 0 bridgehead atoms. The van der Waals surface area contributed by atoms with Crippen LogP contribution in [0.4, 0.5) is 10.1 Å². The molecule has 0 spiro atoms. The number of hydrogen-bond donors (Lipinski definition) is 2. The van der Waals surface area contributed by atoms with Crippen molar-refractivity contribution in [3.63, 3.8) is 0 Å². The summed E-state index contributed by atoms with van der Waals surface area (Å²) in [6.45, 7) is 2.14. The Bertz CT molecular complexity index is 679. The SMILES string of the molecule is C[C@H]([NH2+]CC(=O)Nc1cc(Cl)ccc1F)c1cccc(Cl)c1. The second-order valence-corrected chi connectivity index (χ2v) is 5.83. The molecule has 0 radical (unpaired) electrons. The van der Waals surface area contributed by atoms with Crippen LogP contribution in [-0.4, -0.2) is 12.5 Å². The molecule has 2 rings (SSSR count). The van der Waals surface area contributed by atoms with Crippen molar-refractivity contribution in [2.75, 3.05) is 11.9 Å². The number of nitrogens with one attached hydrogen (secondary N) is 1. The lowest BCUT2D eigenvalue weighted by Gasteiger charge is -2.12. The van der Waals surface area contributed by atoms with Crippen LogP contribution in [0.3, 0.4) is 0 Å². The number of carbonyl (C=O) groups excluding carboxylic acids is 1. The van der Waals surface area contributed by atoms with Crippen molar-refractivity contribution in [1.29, 1.82) is 0 Å². The van der Waals surface area contributed by atoms with E-state index in [1.807, 2.05) is 30.4 Å². The highest BCUT2D eigenvalue weighted by Crippen LogP contribution is 2.19. The first kappa shape index (κ1) is 16.7. The van der Waals surface area contributed by atoms with Crippen molar-refractivity contribution in [3.8, 4) is 0 Å². The average Bonchev–Trinajstić information content (AvgIpc) is 2.48. The van der Waals surface area contributed by atoms with Gasteiger partial charge in [-0.25, -0.2) is 4.39 Å². The summed E-state index contributed by atoms with van der Waals surface area (Å²) in [6.07, 6.45) is 0. The van der Waals surface area contributed by atoms with Gasteiger partial charge >= 0.3 is 0 Å². The minimum absolute atomic E-state index is 0.0636. The van der Waals surface area contributed by atoms with Gasteiger partial charge in [0, 0.05) is 15.6 Å². The molecule has 2 aromatic carbocycles. The Morgan fingerprint density at radius 2 is 1.95 bits per heavy atom. The van der Waals surface area contributed by atoms with Gasteiger partial charge in [0.15, 0.2) is 6.54 Å². The summed E-state index contributed by atoms with van der Waals surface area (Å²) >= 11 is 11.7. The number of amides is 1. The third-order valence-corrected chi connectivity index (χ3v) is 3.70. The molecule has 116 valence electrons. The third kappa shape index (κ3) is 4.70. The topological polar surface area (TPSA) is 45.7 Å². The van der Waals surface area contributed by atoms with Crippen molar-refractivity contribution < 1.29 is 14.5 Å². The van der Waals surface area contributed by atoms with Gasteiger partial charge < -0.3 is 10.6 Å². The summed E-state index contributed by atoms with van der Waals surface area (Å²) in [5.74, 6) is -0.810. The minimum Gasteiger partial charge on any atom is -0.333 e. The van der Waals surface area contributed by atoms with E-state index in [2.05, 4.69) is 5.32 Å². The fraction of sp³-hybridized carbons (Fsp3) is 0.188. The van der Waals surface area contributed by atoms with E-state index in [0.717, 1.165) is 5.56 Å². The lowest BCUT2D eigenvalue weighted by atomic mass is 10.1. The summed E-state index contributed by atoms with van der Waals surface area (Å²) < 4.78 is 13.5. The van der Waals surface area contributed by atoms with Crippen LogP contribution >= 0.6 is 23.2 Å². The van der Waals surface area contributed by atoms with Crippen LogP contribution in [0.1, 0.15) is 18.5 Å². The number of hydrogen-bond acceptors (Lipinski definition) is 1. The van der Waals surface area contributed by atoms with Gasteiger partial charge in [0.05, 0.1) is 5.69 Å². The Kier molecular flexibility index (Phi) is 5.77. The van der Waals surface area contributed by atoms with Gasteiger partial charge in [-0.05, 0) is 37.3 Å². The van der Waals surface area contributed by atoms with Crippen LogP contribution in [-0.2, 0) is 4.79 Å². The van der Waals surface area contributed by atoms with Gasteiger partial charge in [-0.1, -0.05) is 35.3 Å². The molecule has 3 N–H and O–H groups in total. The molecule has 1 amide bonds. The zero-order valence-corrected chi connectivity index (χ0v) is 13.5. The Morgan fingerprint density at radius 1 is 1.23 bits per heavy atom. The number of rotatable bonds is 5. The van der Waals surface area contributed by atoms with Crippen molar-refractivity contribution in [2.24, 2.45) is 0 Å². The van der Waals surface area contributed by atoms with Crippen LogP contribution in [0.15, 0.2) is 42.5 Å². The zero-order valence-electron chi connectivity index (χ0n) is 11.9. The Morgan fingerprint density at radius 3 is 2.68 bits per heavy atom. The first-order valence-corrected chi connectivity index (χ1v) is 7.55. The van der Waals surface area contributed by atoms with Crippen molar-refractivity contribution >= 4 is 34.8 Å². The number of anilines is 1. The van der Waals surface area contributed by atoms with Crippen LogP contribution < -0.4 is 10.6 Å². The van der Waals surface area contributed by atoms with Crippen molar-refractivity contribution in [3.05, 3.63) is 63.9 Å². The van der Waals surface area contributed by atoms with E-state index in [1.54, 1.807) is 6.07 Å². The molecule has 0 aliphatic rings. The number of benzene rings is 2. The third-order valence-electron chi connectivity index (χ3n) is 3.23. The van der Waals surface area contributed by atoms with Gasteiger partial charge in [-0.15, -0.1) is 0 Å². The van der Waals surface area contributed by atoms with Crippen LogP contribution in [0, 0.1) is 5.82 Å². The molecule has 0 saturated heterocycles. The summed E-state index contributed by atoms with van der Waals surface area (Å²) in [5.41, 5.74) is 1.11. The van der Waals surface area contributed by atoms with E-state index >= 15 is 0 Å². The van der Waals surface area contributed by atoms with E-state index in [4.69, 9.17) is 23.2 Å². The summed E-state index contributed by atoms with van der Waals surface area (Å²) in [7, 11) is 0. The molecule has 3 nitrogen and oxygen atoms in total. The lowest BCUT2D eigenvalue weighted by molar-refractivity contribution is -0.682. The van der Waals surface area contributed by atoms with Crippen molar-refractivity contribution in [1.82, 2.24) is 0 Å².